The number of hydrogen-bond donors (Lipinski definition) is 2. The average molecular weight is 788 g/mol. The lowest BCUT2D eigenvalue weighted by molar-refractivity contribution is 1.10. The molecule has 8 bridgehead atoms. The fraction of sp³-hybridized carbons (Fsp3) is 0. The lowest BCUT2D eigenvalue weighted by Gasteiger charge is -2.08. The van der Waals surface area contributed by atoms with Crippen molar-refractivity contribution in [3.63, 3.8) is 0 Å². The Kier molecular flexibility index (Phi) is 8.06. The molecule has 2 aliphatic rings. The minimum absolute atomic E-state index is 0.486. The predicted molar refractivity (Wildman–Crippen MR) is 233 cm³/mol. The van der Waals surface area contributed by atoms with Crippen LogP contribution in [0.25, 0.3) is 66.4 Å². The Morgan fingerprint density at radius 3 is 0.862 bits per heavy atom. The van der Waals surface area contributed by atoms with Gasteiger partial charge in [0.25, 0.3) is 0 Å². The highest BCUT2D eigenvalue weighted by Crippen LogP contribution is 2.41. The first kappa shape index (κ1) is 34.0. The van der Waals surface area contributed by atoms with Crippen molar-refractivity contribution < 1.29 is 0 Å². The molecule has 0 aliphatic carbocycles. The molecule has 6 aromatic carbocycles. The first-order valence-electron chi connectivity index (χ1n) is 18.7. The van der Waals surface area contributed by atoms with Gasteiger partial charge in [0.15, 0.2) is 23.3 Å². The van der Waals surface area contributed by atoms with E-state index >= 15 is 0 Å². The first-order valence-corrected chi connectivity index (χ1v) is 19.4. The molecule has 8 nitrogen and oxygen atoms in total. The van der Waals surface area contributed by atoms with E-state index in [2.05, 4.69) is 58.5 Å². The Morgan fingerprint density at radius 1 is 0.293 bits per heavy atom. The summed E-state index contributed by atoms with van der Waals surface area (Å²) in [6, 6.07) is 52.0. The van der Waals surface area contributed by atoms with Crippen molar-refractivity contribution in [1.29, 1.82) is 0 Å². The summed E-state index contributed by atoms with van der Waals surface area (Å²) >= 11 is 13.4. The number of hydrogen-bond acceptors (Lipinski definition) is 6. The van der Waals surface area contributed by atoms with Crippen LogP contribution in [0.4, 0.5) is 0 Å². The third-order valence-electron chi connectivity index (χ3n) is 10.4. The molecule has 5 heterocycles. The minimum Gasteiger partial charge on any atom is -0.324 e. The molecule has 58 heavy (non-hydrogen) atoms. The maximum atomic E-state index is 6.69. The standard InChI is InChI=1S/C48H28Cl2N8/c49-31-21-23-33-35(25-31)44-51-41(33)53-45-37(27-13-5-1-6-14-27)39(29-17-9-3-10-18-29)47(57-45)55-43-36-26-32(50)22-24-34(36)42(52-43)54-46-38(28-15-7-2-8-16-28)40(48(56-44)58-46)30-19-11-4-12-20-30/h1-26H,(H2,51,52,53,54,55,56,57,58). The predicted octanol–water partition coefficient (Wildman–Crippen LogP) is 11.5. The van der Waals surface area contributed by atoms with Gasteiger partial charge in [0, 0.05) is 53.9 Å². The van der Waals surface area contributed by atoms with Crippen LogP contribution in [-0.2, 0) is 0 Å². The van der Waals surface area contributed by atoms with Gasteiger partial charge in [0.1, 0.15) is 22.6 Å². The number of aromatic amines is 2. The number of fused-ring (bicyclic) bond motifs is 14. The van der Waals surface area contributed by atoms with Crippen molar-refractivity contribution in [2.45, 2.75) is 0 Å². The molecule has 0 saturated carbocycles. The van der Waals surface area contributed by atoms with Crippen LogP contribution in [0.15, 0.2) is 158 Å². The van der Waals surface area contributed by atoms with E-state index in [9.17, 15) is 0 Å². The summed E-state index contributed by atoms with van der Waals surface area (Å²) in [6.07, 6.45) is 0. The normalized spacial score (nSPS) is 12.9. The fourth-order valence-electron chi connectivity index (χ4n) is 7.82. The highest BCUT2D eigenvalue weighted by Gasteiger charge is 2.28. The van der Waals surface area contributed by atoms with Gasteiger partial charge >= 0.3 is 0 Å². The van der Waals surface area contributed by atoms with Crippen LogP contribution in [-0.4, -0.2) is 39.9 Å². The molecule has 0 fully saturated rings. The van der Waals surface area contributed by atoms with Crippen LogP contribution in [0.2, 0.25) is 10.0 Å². The average Bonchev–Trinajstić information content (AvgIpc) is 3.99. The SMILES string of the molecule is Clc1ccc2c3nc4nc(nc5[nH]c(nc6nc(nc([nH]3)c2c1)C(c1ccccc1)=C6c1ccccc1)c1ccc(Cl)cc51)C(c1ccccc1)=C4c1ccccc1. The van der Waals surface area contributed by atoms with Crippen LogP contribution < -0.4 is 0 Å². The topological polar surface area (TPSA) is 109 Å². The van der Waals surface area contributed by atoms with Gasteiger partial charge in [-0.1, -0.05) is 145 Å². The second-order valence-electron chi connectivity index (χ2n) is 14.0. The molecule has 2 aliphatic heterocycles. The first-order chi connectivity index (χ1) is 28.6. The molecule has 10 heteroatoms. The summed E-state index contributed by atoms with van der Waals surface area (Å²) in [6.45, 7) is 0. The van der Waals surface area contributed by atoms with E-state index in [1.54, 1.807) is 0 Å². The van der Waals surface area contributed by atoms with Gasteiger partial charge in [0.05, 0.1) is 0 Å². The quantitative estimate of drug-likeness (QED) is 0.184. The van der Waals surface area contributed by atoms with E-state index in [1.165, 1.54) is 0 Å². The molecule has 2 N–H and O–H groups in total. The second kappa shape index (κ2) is 13.7. The molecule has 0 unspecified atom stereocenters. The van der Waals surface area contributed by atoms with Gasteiger partial charge in [-0.2, -0.15) is 0 Å². The lowest BCUT2D eigenvalue weighted by atomic mass is 9.95. The molecule has 9 aromatic rings. The zero-order chi connectivity index (χ0) is 38.7. The molecule has 0 atom stereocenters. The largest absolute Gasteiger partial charge is 0.324 e. The van der Waals surface area contributed by atoms with Crippen molar-refractivity contribution in [2.24, 2.45) is 0 Å². The van der Waals surface area contributed by atoms with E-state index < -0.39 is 0 Å². The molecule has 0 spiro atoms. The summed E-state index contributed by atoms with van der Waals surface area (Å²) in [5, 5.41) is 4.36. The van der Waals surface area contributed by atoms with Gasteiger partial charge in [-0.3, -0.25) is 0 Å². The van der Waals surface area contributed by atoms with Crippen molar-refractivity contribution in [2.75, 3.05) is 0 Å². The smallest absolute Gasteiger partial charge is 0.165 e. The summed E-state index contributed by atoms with van der Waals surface area (Å²) < 4.78 is 0. The molecular formula is C48H28Cl2N8. The molecule has 11 rings (SSSR count). The van der Waals surface area contributed by atoms with Crippen molar-refractivity contribution in [3.05, 3.63) is 213 Å². The highest BCUT2D eigenvalue weighted by molar-refractivity contribution is 6.32. The van der Waals surface area contributed by atoms with Crippen LogP contribution in [0, 0.1) is 0 Å². The van der Waals surface area contributed by atoms with Crippen LogP contribution in [0.1, 0.15) is 45.6 Å². The monoisotopic (exact) mass is 786 g/mol. The molecule has 0 amide bonds. The number of benzene rings is 6. The summed E-state index contributed by atoms with van der Waals surface area (Å²) in [4.78, 5) is 38.8. The fourth-order valence-corrected chi connectivity index (χ4v) is 8.16. The number of nitrogens with one attached hydrogen (secondary N) is 2. The Bertz CT molecular complexity index is 3110. The zero-order valence-electron chi connectivity index (χ0n) is 30.5. The van der Waals surface area contributed by atoms with Crippen LogP contribution in [0.3, 0.4) is 0 Å². The molecule has 3 aromatic heterocycles. The summed E-state index contributed by atoms with van der Waals surface area (Å²) in [5.74, 6) is 1.95. The highest BCUT2D eigenvalue weighted by atomic mass is 35.5. The Hall–Kier alpha value is -7.26. The summed E-state index contributed by atoms with van der Waals surface area (Å²) in [5.41, 5.74) is 9.36. The van der Waals surface area contributed by atoms with E-state index in [-0.39, 0.29) is 0 Å². The van der Waals surface area contributed by atoms with E-state index in [0.717, 1.165) is 66.1 Å². The maximum absolute atomic E-state index is 6.69. The molecular weight excluding hydrogens is 759 g/mol. The number of halogens is 2. The van der Waals surface area contributed by atoms with Crippen LogP contribution >= 0.6 is 23.2 Å². The Morgan fingerprint density at radius 2 is 0.569 bits per heavy atom. The molecule has 274 valence electrons. The van der Waals surface area contributed by atoms with E-state index in [1.807, 2.05) is 109 Å². The van der Waals surface area contributed by atoms with Crippen molar-refractivity contribution in [1.82, 2.24) is 39.9 Å². The number of rotatable bonds is 4. The van der Waals surface area contributed by atoms with Gasteiger partial charge < -0.3 is 9.97 Å². The summed E-state index contributed by atoms with van der Waals surface area (Å²) in [7, 11) is 0. The van der Waals surface area contributed by atoms with Crippen LogP contribution in [0.5, 0.6) is 0 Å². The lowest BCUT2D eigenvalue weighted by Crippen LogP contribution is -1.94. The van der Waals surface area contributed by atoms with Gasteiger partial charge in [-0.05, 0) is 58.7 Å². The number of nitrogens with zero attached hydrogens (tertiary/aromatic N) is 6. The molecule has 0 radical (unpaired) electrons. The Labute approximate surface area is 341 Å². The zero-order valence-corrected chi connectivity index (χ0v) is 32.0. The third-order valence-corrected chi connectivity index (χ3v) is 10.9. The Balaban J connectivity index is 1.35. The second-order valence-corrected chi connectivity index (χ2v) is 14.8. The minimum atomic E-state index is 0.486. The van der Waals surface area contributed by atoms with Gasteiger partial charge in [0.2, 0.25) is 0 Å². The third kappa shape index (κ3) is 5.77. The van der Waals surface area contributed by atoms with Crippen molar-refractivity contribution in [3.8, 4) is 0 Å². The van der Waals surface area contributed by atoms with E-state index in [4.69, 9.17) is 53.1 Å². The number of aromatic nitrogens is 8. The maximum Gasteiger partial charge on any atom is 0.165 e. The van der Waals surface area contributed by atoms with Gasteiger partial charge in [-0.15, -0.1) is 0 Å². The number of H-pyrrole nitrogens is 2. The molecule has 0 saturated heterocycles. The van der Waals surface area contributed by atoms with E-state index in [0.29, 0.717) is 55.9 Å². The van der Waals surface area contributed by atoms with Crippen molar-refractivity contribution >= 4 is 89.6 Å². The van der Waals surface area contributed by atoms with Gasteiger partial charge in [-0.25, -0.2) is 29.9 Å².